The lowest BCUT2D eigenvalue weighted by Crippen LogP contribution is -2.42. The lowest BCUT2D eigenvalue weighted by atomic mass is 10.0. The van der Waals surface area contributed by atoms with E-state index in [0.29, 0.717) is 10.2 Å². The average molecular weight is 273 g/mol. The fourth-order valence-electron chi connectivity index (χ4n) is 2.10. The first-order valence-electron chi connectivity index (χ1n) is 5.72. The summed E-state index contributed by atoms with van der Waals surface area (Å²) in [6.07, 6.45) is 3.24. The van der Waals surface area contributed by atoms with Gasteiger partial charge in [0.2, 0.25) is 0 Å². The smallest absolute Gasteiger partial charge is 0.274 e. The molecule has 1 aliphatic heterocycles. The molecule has 1 aliphatic rings. The number of piperidine rings is 1. The third kappa shape index (κ3) is 2.72. The van der Waals surface area contributed by atoms with E-state index in [1.54, 1.807) is 12.1 Å². The molecule has 5 heteroatoms. The molecule has 0 bridgehead atoms. The van der Waals surface area contributed by atoms with Gasteiger partial charge in [-0.2, -0.15) is 0 Å². The van der Waals surface area contributed by atoms with Gasteiger partial charge in [0.05, 0.1) is 5.02 Å². The Morgan fingerprint density at radius 1 is 1.41 bits per heavy atom. The van der Waals surface area contributed by atoms with E-state index in [2.05, 4.69) is 11.9 Å². The van der Waals surface area contributed by atoms with Gasteiger partial charge in [-0.25, -0.2) is 4.98 Å². The molecule has 0 aliphatic carbocycles. The standard InChI is InChI=1S/C12H14Cl2N2O/c1-8-4-2-3-7-16(8)12(17)11-9(13)5-6-10(14)15-11/h5-6,8H,2-4,7H2,1H3. The molecule has 0 spiro atoms. The maximum atomic E-state index is 12.3. The number of aromatic nitrogens is 1. The lowest BCUT2D eigenvalue weighted by molar-refractivity contribution is 0.0630. The molecule has 1 aromatic heterocycles. The summed E-state index contributed by atoms with van der Waals surface area (Å²) in [4.78, 5) is 18.2. The SMILES string of the molecule is CC1CCCCN1C(=O)c1nc(Cl)ccc1Cl. The van der Waals surface area contributed by atoms with Crippen molar-refractivity contribution >= 4 is 29.1 Å². The van der Waals surface area contributed by atoms with Crippen molar-refractivity contribution in [1.29, 1.82) is 0 Å². The Morgan fingerprint density at radius 2 is 2.18 bits per heavy atom. The third-order valence-electron chi connectivity index (χ3n) is 3.08. The van der Waals surface area contributed by atoms with E-state index in [1.807, 2.05) is 4.90 Å². The van der Waals surface area contributed by atoms with E-state index in [-0.39, 0.29) is 17.6 Å². The monoisotopic (exact) mass is 272 g/mol. The van der Waals surface area contributed by atoms with Gasteiger partial charge in [-0.05, 0) is 38.3 Å². The minimum Gasteiger partial charge on any atom is -0.335 e. The van der Waals surface area contributed by atoms with Crippen molar-refractivity contribution in [1.82, 2.24) is 9.88 Å². The highest BCUT2D eigenvalue weighted by molar-refractivity contribution is 6.34. The Morgan fingerprint density at radius 3 is 2.88 bits per heavy atom. The molecule has 1 atom stereocenters. The fraction of sp³-hybridized carbons (Fsp3) is 0.500. The molecule has 0 saturated carbocycles. The minimum absolute atomic E-state index is 0.121. The summed E-state index contributed by atoms with van der Waals surface area (Å²) in [5.41, 5.74) is 0.257. The summed E-state index contributed by atoms with van der Waals surface area (Å²) >= 11 is 11.8. The molecule has 0 radical (unpaired) electrons. The molecule has 92 valence electrons. The number of carbonyl (C=O) groups is 1. The van der Waals surface area contributed by atoms with Crippen molar-refractivity contribution in [2.45, 2.75) is 32.2 Å². The molecule has 1 unspecified atom stereocenters. The average Bonchev–Trinajstić information content (AvgIpc) is 2.32. The molecular weight excluding hydrogens is 259 g/mol. The molecule has 2 rings (SSSR count). The number of nitrogens with zero attached hydrogens (tertiary/aromatic N) is 2. The molecule has 1 amide bonds. The molecule has 1 saturated heterocycles. The molecule has 3 nitrogen and oxygen atoms in total. The van der Waals surface area contributed by atoms with Crippen molar-refractivity contribution in [3.05, 3.63) is 28.0 Å². The van der Waals surface area contributed by atoms with Crippen LogP contribution in [0.1, 0.15) is 36.7 Å². The van der Waals surface area contributed by atoms with Gasteiger partial charge < -0.3 is 4.90 Å². The van der Waals surface area contributed by atoms with E-state index in [9.17, 15) is 4.79 Å². The van der Waals surface area contributed by atoms with Gasteiger partial charge in [0.15, 0.2) is 0 Å². The van der Waals surface area contributed by atoms with Crippen molar-refractivity contribution in [2.75, 3.05) is 6.54 Å². The van der Waals surface area contributed by atoms with Gasteiger partial charge in [-0.3, -0.25) is 4.79 Å². The number of rotatable bonds is 1. The van der Waals surface area contributed by atoms with E-state index >= 15 is 0 Å². The minimum atomic E-state index is -0.121. The van der Waals surface area contributed by atoms with Crippen LogP contribution in [0.5, 0.6) is 0 Å². The van der Waals surface area contributed by atoms with Crippen LogP contribution in [0.3, 0.4) is 0 Å². The maximum Gasteiger partial charge on any atom is 0.274 e. The van der Waals surface area contributed by atoms with Crippen LogP contribution in [0.4, 0.5) is 0 Å². The van der Waals surface area contributed by atoms with Crippen LogP contribution >= 0.6 is 23.2 Å². The van der Waals surface area contributed by atoms with E-state index in [0.717, 1.165) is 19.4 Å². The third-order valence-corrected chi connectivity index (χ3v) is 3.59. The maximum absolute atomic E-state index is 12.3. The topological polar surface area (TPSA) is 33.2 Å². The Bertz CT molecular complexity index is 437. The zero-order valence-corrected chi connectivity index (χ0v) is 11.1. The number of hydrogen-bond acceptors (Lipinski definition) is 2. The molecule has 1 aromatic rings. The second-order valence-corrected chi connectivity index (χ2v) is 5.10. The summed E-state index contributed by atoms with van der Waals surface area (Å²) in [7, 11) is 0. The zero-order valence-electron chi connectivity index (χ0n) is 9.62. The van der Waals surface area contributed by atoms with Gasteiger partial charge in [0, 0.05) is 12.6 Å². The zero-order chi connectivity index (χ0) is 12.4. The first-order chi connectivity index (χ1) is 8.09. The van der Waals surface area contributed by atoms with Crippen LogP contribution in [-0.4, -0.2) is 28.4 Å². The number of pyridine rings is 1. The Labute approximate surface area is 111 Å². The number of halogens is 2. The van der Waals surface area contributed by atoms with Crippen LogP contribution < -0.4 is 0 Å². The second kappa shape index (κ2) is 5.23. The summed E-state index contributed by atoms with van der Waals surface area (Å²) in [6, 6.07) is 3.44. The summed E-state index contributed by atoms with van der Waals surface area (Å²) in [5.74, 6) is -0.121. The van der Waals surface area contributed by atoms with Gasteiger partial charge in [0.25, 0.3) is 5.91 Å². The number of amides is 1. The lowest BCUT2D eigenvalue weighted by Gasteiger charge is -2.33. The van der Waals surface area contributed by atoms with E-state index < -0.39 is 0 Å². The molecule has 17 heavy (non-hydrogen) atoms. The van der Waals surface area contributed by atoms with Crippen LogP contribution in [-0.2, 0) is 0 Å². The summed E-state index contributed by atoms with van der Waals surface area (Å²) in [6.45, 7) is 2.82. The van der Waals surface area contributed by atoms with E-state index in [4.69, 9.17) is 23.2 Å². The molecule has 2 heterocycles. The number of carbonyl (C=O) groups excluding carboxylic acids is 1. The fourth-order valence-corrected chi connectivity index (χ4v) is 2.44. The first kappa shape index (κ1) is 12.7. The molecule has 0 aromatic carbocycles. The Balaban J connectivity index is 2.26. The van der Waals surface area contributed by atoms with Gasteiger partial charge in [-0.1, -0.05) is 23.2 Å². The number of hydrogen-bond donors (Lipinski definition) is 0. The van der Waals surface area contributed by atoms with Crippen molar-refractivity contribution in [3.63, 3.8) is 0 Å². The highest BCUT2D eigenvalue weighted by atomic mass is 35.5. The van der Waals surface area contributed by atoms with E-state index in [1.165, 1.54) is 6.42 Å². The van der Waals surface area contributed by atoms with Crippen LogP contribution in [0, 0.1) is 0 Å². The van der Waals surface area contributed by atoms with Gasteiger partial charge >= 0.3 is 0 Å². The molecule has 0 N–H and O–H groups in total. The first-order valence-corrected chi connectivity index (χ1v) is 6.48. The van der Waals surface area contributed by atoms with Crippen LogP contribution in [0.15, 0.2) is 12.1 Å². The van der Waals surface area contributed by atoms with Crippen molar-refractivity contribution < 1.29 is 4.79 Å². The quantitative estimate of drug-likeness (QED) is 0.735. The summed E-state index contributed by atoms with van der Waals surface area (Å²) in [5, 5.41) is 0.652. The van der Waals surface area contributed by atoms with Crippen molar-refractivity contribution in [3.8, 4) is 0 Å². The second-order valence-electron chi connectivity index (χ2n) is 4.31. The summed E-state index contributed by atoms with van der Waals surface area (Å²) < 4.78 is 0. The highest BCUT2D eigenvalue weighted by Crippen LogP contribution is 2.23. The largest absolute Gasteiger partial charge is 0.335 e. The molecular formula is C12H14Cl2N2O. The number of likely N-dealkylation sites (tertiary alicyclic amines) is 1. The Hall–Kier alpha value is -0.800. The predicted molar refractivity (Wildman–Crippen MR) is 68.6 cm³/mol. The van der Waals surface area contributed by atoms with Gasteiger partial charge in [0.1, 0.15) is 10.8 Å². The highest BCUT2D eigenvalue weighted by Gasteiger charge is 2.26. The van der Waals surface area contributed by atoms with Crippen LogP contribution in [0.2, 0.25) is 10.2 Å². The van der Waals surface area contributed by atoms with Crippen molar-refractivity contribution in [2.24, 2.45) is 0 Å². The predicted octanol–water partition coefficient (Wildman–Crippen LogP) is 3.40. The van der Waals surface area contributed by atoms with Crippen LogP contribution in [0.25, 0.3) is 0 Å². The molecule has 1 fully saturated rings. The van der Waals surface area contributed by atoms with Gasteiger partial charge in [-0.15, -0.1) is 0 Å². The Kier molecular flexibility index (Phi) is 3.89. The normalized spacial score (nSPS) is 20.4.